The summed E-state index contributed by atoms with van der Waals surface area (Å²) in [6.07, 6.45) is 3.50. The summed E-state index contributed by atoms with van der Waals surface area (Å²) in [7, 11) is 3.48. The van der Waals surface area contributed by atoms with Gasteiger partial charge in [-0.05, 0) is 19.9 Å². The van der Waals surface area contributed by atoms with E-state index in [9.17, 15) is 4.79 Å². The molecule has 2 amide bonds. The Morgan fingerprint density at radius 3 is 2.71 bits per heavy atom. The van der Waals surface area contributed by atoms with Crippen molar-refractivity contribution in [3.05, 3.63) is 55.0 Å². The number of hydrogen-bond donors (Lipinski definition) is 2. The van der Waals surface area contributed by atoms with Gasteiger partial charge in [-0.1, -0.05) is 30.3 Å². The largest absolute Gasteiger partial charge is 0.494 e. The molecule has 5 rings (SSSR count). The molecule has 2 aromatic heterocycles. The van der Waals surface area contributed by atoms with Crippen molar-refractivity contribution in [2.75, 3.05) is 25.5 Å². The highest BCUT2D eigenvalue weighted by atomic mass is 16.5. The summed E-state index contributed by atoms with van der Waals surface area (Å²) in [4.78, 5) is 24.2. The summed E-state index contributed by atoms with van der Waals surface area (Å²) in [6.45, 7) is 5.53. The first-order valence-electron chi connectivity index (χ1n) is 11.7. The van der Waals surface area contributed by atoms with Crippen LogP contribution < -0.4 is 15.4 Å². The lowest BCUT2D eigenvalue weighted by atomic mass is 10.0. The van der Waals surface area contributed by atoms with Gasteiger partial charge in [-0.15, -0.1) is 0 Å². The molecule has 0 bridgehead atoms. The molecular formula is C26H29N7O2. The van der Waals surface area contributed by atoms with E-state index in [1.807, 2.05) is 67.5 Å². The minimum absolute atomic E-state index is 0.0675. The summed E-state index contributed by atoms with van der Waals surface area (Å²) in [5.74, 6) is 0.542. The molecule has 0 spiro atoms. The molecule has 2 aromatic carbocycles. The standard InChI is InChI=1S/C26H29N7O2/c1-16-17(2)33(11-10-27-16)26(34)30-22-12-19-21(13-23(22)35-4)28-15-29-25(19)20-14-32(3)31-24(20)18-8-6-5-7-9-18/h5-9,12-17,27H,10-11H2,1-4H3,(H,30,34)/t16-,17+/m0/s1. The number of carbonyl (C=O) groups excluding carboxylic acids is 1. The van der Waals surface area contributed by atoms with Crippen molar-refractivity contribution in [3.8, 4) is 28.3 Å². The van der Waals surface area contributed by atoms with Crippen LogP contribution in [0.15, 0.2) is 55.0 Å². The number of benzene rings is 2. The number of anilines is 1. The zero-order valence-electron chi connectivity index (χ0n) is 20.3. The Hall–Kier alpha value is -3.98. The van der Waals surface area contributed by atoms with Gasteiger partial charge in [0.15, 0.2) is 0 Å². The lowest BCUT2D eigenvalue weighted by Crippen LogP contribution is -2.58. The molecule has 1 aliphatic rings. The third-order valence-electron chi connectivity index (χ3n) is 6.62. The fourth-order valence-corrected chi connectivity index (χ4v) is 4.57. The number of ether oxygens (including phenoxy) is 1. The molecule has 9 nitrogen and oxygen atoms in total. The van der Waals surface area contributed by atoms with Crippen molar-refractivity contribution >= 4 is 22.6 Å². The van der Waals surface area contributed by atoms with Crippen LogP contribution in [0.2, 0.25) is 0 Å². The Balaban J connectivity index is 1.59. The quantitative estimate of drug-likeness (QED) is 0.468. The van der Waals surface area contributed by atoms with Crippen LogP contribution in [0.25, 0.3) is 33.4 Å². The van der Waals surface area contributed by atoms with E-state index in [2.05, 4.69) is 27.5 Å². The average molecular weight is 472 g/mol. The van der Waals surface area contributed by atoms with Gasteiger partial charge in [0.25, 0.3) is 0 Å². The predicted molar refractivity (Wildman–Crippen MR) is 136 cm³/mol. The first-order valence-corrected chi connectivity index (χ1v) is 11.7. The van der Waals surface area contributed by atoms with Crippen molar-refractivity contribution < 1.29 is 9.53 Å². The van der Waals surface area contributed by atoms with Gasteiger partial charge < -0.3 is 20.3 Å². The van der Waals surface area contributed by atoms with Gasteiger partial charge in [-0.3, -0.25) is 4.68 Å². The second-order valence-electron chi connectivity index (χ2n) is 8.83. The summed E-state index contributed by atoms with van der Waals surface area (Å²) >= 11 is 0. The third-order valence-corrected chi connectivity index (χ3v) is 6.62. The van der Waals surface area contributed by atoms with Crippen LogP contribution in [0.1, 0.15) is 13.8 Å². The Kier molecular flexibility index (Phi) is 6.08. The number of piperazine rings is 1. The average Bonchev–Trinajstić information content (AvgIpc) is 3.26. The lowest BCUT2D eigenvalue weighted by Gasteiger charge is -2.38. The molecule has 1 aliphatic heterocycles. The van der Waals surface area contributed by atoms with Gasteiger partial charge in [0.2, 0.25) is 0 Å². The number of methoxy groups -OCH3 is 1. The van der Waals surface area contributed by atoms with Gasteiger partial charge in [0, 0.05) is 61.0 Å². The monoisotopic (exact) mass is 471 g/mol. The van der Waals surface area contributed by atoms with Gasteiger partial charge in [-0.2, -0.15) is 5.10 Å². The van der Waals surface area contributed by atoms with Gasteiger partial charge in [-0.25, -0.2) is 14.8 Å². The summed E-state index contributed by atoms with van der Waals surface area (Å²) in [5, 5.41) is 12.0. The highest BCUT2D eigenvalue weighted by molar-refractivity contribution is 6.01. The van der Waals surface area contributed by atoms with Crippen molar-refractivity contribution in [3.63, 3.8) is 0 Å². The third kappa shape index (κ3) is 4.30. The summed E-state index contributed by atoms with van der Waals surface area (Å²) < 4.78 is 7.39. The fourth-order valence-electron chi connectivity index (χ4n) is 4.57. The SMILES string of the molecule is COc1cc2ncnc(-c3cn(C)nc3-c3ccccc3)c2cc1NC(=O)N1CCN[C@@H](C)[C@H]1C. The molecule has 4 aromatic rings. The molecule has 0 radical (unpaired) electrons. The van der Waals surface area contributed by atoms with Gasteiger partial charge >= 0.3 is 6.03 Å². The zero-order chi connectivity index (χ0) is 24.5. The highest BCUT2D eigenvalue weighted by Gasteiger charge is 2.29. The van der Waals surface area contributed by atoms with Crippen LogP contribution in [-0.2, 0) is 7.05 Å². The Labute approximate surface area is 204 Å². The van der Waals surface area contributed by atoms with Crippen molar-refractivity contribution in [2.24, 2.45) is 7.05 Å². The van der Waals surface area contributed by atoms with Crippen molar-refractivity contribution in [2.45, 2.75) is 25.9 Å². The molecule has 1 fully saturated rings. The van der Waals surface area contributed by atoms with E-state index >= 15 is 0 Å². The number of carbonyl (C=O) groups is 1. The van der Waals surface area contributed by atoms with E-state index in [4.69, 9.17) is 9.84 Å². The van der Waals surface area contributed by atoms with Crippen LogP contribution in [0, 0.1) is 0 Å². The molecule has 35 heavy (non-hydrogen) atoms. The maximum Gasteiger partial charge on any atom is 0.322 e. The molecule has 1 saturated heterocycles. The molecule has 3 heterocycles. The van der Waals surface area contributed by atoms with E-state index in [1.165, 1.54) is 0 Å². The molecule has 180 valence electrons. The molecule has 0 saturated carbocycles. The van der Waals surface area contributed by atoms with E-state index in [1.54, 1.807) is 18.1 Å². The number of rotatable bonds is 4. The minimum Gasteiger partial charge on any atom is -0.494 e. The first-order chi connectivity index (χ1) is 17.0. The highest BCUT2D eigenvalue weighted by Crippen LogP contribution is 2.37. The number of fused-ring (bicyclic) bond motifs is 1. The minimum atomic E-state index is -0.159. The van der Waals surface area contributed by atoms with E-state index in [0.29, 0.717) is 18.0 Å². The number of nitrogens with one attached hydrogen (secondary N) is 2. The molecule has 2 atom stereocenters. The number of nitrogens with zero attached hydrogens (tertiary/aromatic N) is 5. The first kappa shape index (κ1) is 22.8. The number of urea groups is 1. The fraction of sp³-hybridized carbons (Fsp3) is 0.308. The normalized spacial score (nSPS) is 18.0. The van der Waals surface area contributed by atoms with E-state index < -0.39 is 0 Å². The Morgan fingerprint density at radius 1 is 1.14 bits per heavy atom. The molecule has 0 aliphatic carbocycles. The maximum atomic E-state index is 13.2. The molecular weight excluding hydrogens is 442 g/mol. The Morgan fingerprint density at radius 2 is 1.94 bits per heavy atom. The topological polar surface area (TPSA) is 97.2 Å². The van der Waals surface area contributed by atoms with Crippen LogP contribution in [0.4, 0.5) is 10.5 Å². The Bertz CT molecular complexity index is 1370. The number of aromatic nitrogens is 4. The van der Waals surface area contributed by atoms with Gasteiger partial charge in [0.1, 0.15) is 17.8 Å². The smallest absolute Gasteiger partial charge is 0.322 e. The van der Waals surface area contributed by atoms with Crippen molar-refractivity contribution in [1.82, 2.24) is 30.0 Å². The van der Waals surface area contributed by atoms with Crippen LogP contribution in [0.5, 0.6) is 5.75 Å². The van der Waals surface area contributed by atoms with Crippen LogP contribution >= 0.6 is 0 Å². The summed E-state index contributed by atoms with van der Waals surface area (Å²) in [5.41, 5.74) is 4.75. The zero-order valence-corrected chi connectivity index (χ0v) is 20.3. The number of aryl methyl sites for hydroxylation is 1. The van der Waals surface area contributed by atoms with Crippen LogP contribution in [-0.4, -0.2) is 63.0 Å². The molecule has 0 unspecified atom stereocenters. The second kappa shape index (κ2) is 9.34. The van der Waals surface area contributed by atoms with E-state index in [0.717, 1.165) is 40.0 Å². The number of amides is 2. The van der Waals surface area contributed by atoms with Crippen molar-refractivity contribution in [1.29, 1.82) is 0 Å². The molecule has 9 heteroatoms. The predicted octanol–water partition coefficient (Wildman–Crippen LogP) is 3.92. The van der Waals surface area contributed by atoms with Gasteiger partial charge in [0.05, 0.1) is 24.0 Å². The van der Waals surface area contributed by atoms with E-state index in [-0.39, 0.29) is 18.1 Å². The van der Waals surface area contributed by atoms with Crippen LogP contribution in [0.3, 0.4) is 0 Å². The maximum absolute atomic E-state index is 13.2. The number of hydrogen-bond acceptors (Lipinski definition) is 6. The summed E-state index contributed by atoms with van der Waals surface area (Å²) in [6, 6.07) is 13.9. The lowest BCUT2D eigenvalue weighted by molar-refractivity contribution is 0.156. The second-order valence-corrected chi connectivity index (χ2v) is 8.83. The molecule has 2 N–H and O–H groups in total.